The van der Waals surface area contributed by atoms with E-state index in [0.29, 0.717) is 101 Å². The van der Waals surface area contributed by atoms with Crippen molar-refractivity contribution in [2.45, 2.75) is 249 Å². The van der Waals surface area contributed by atoms with Crippen LogP contribution in [0.2, 0.25) is 0 Å². The number of aromatic nitrogens is 8. The van der Waals surface area contributed by atoms with Gasteiger partial charge in [0.25, 0.3) is 69.3 Å². The molecule has 9 N–H and O–H groups in total. The van der Waals surface area contributed by atoms with Crippen molar-refractivity contribution in [3.63, 3.8) is 0 Å². The van der Waals surface area contributed by atoms with Gasteiger partial charge in [-0.3, -0.25) is 24.0 Å². The number of carbonyl (C=O) groups excluding carboxylic acids is 4. The summed E-state index contributed by atoms with van der Waals surface area (Å²) in [4.78, 5) is 107. The van der Waals surface area contributed by atoms with Gasteiger partial charge in [0, 0.05) is 114 Å². The van der Waals surface area contributed by atoms with Crippen LogP contribution in [0.3, 0.4) is 0 Å². The average molecular weight is 1990 g/mol. The SMILES string of the molecule is CC(C)(C)c1ccc(C(=O)NS(=O)(=O)c2cccc(N)c2)c(N2CCC(C3CC3)C2(C)C)n1.CC1CN(c2ncccc2C(=O)NS(=O)(=O)c2cccc(NC3CC3)n2)C(C)(C)C1.CC[C@@H](C)Oc1ncc(-c2ccc(C(=O)NS(=O)(=O)c3cccc(NC)n3)c(N3C[C@@H](C)CC3(C)C)n2)cc1C.COc1cc(C)c(-c2ccc(C(=O)NS(=O)(=O)c3ccc[nH]c3=O)c(N3C[C@@H](C)CC3(C)C)n2)c(C)c1. The molecule has 2 unspecified atom stereocenters. The minimum atomic E-state index is -4.41. The zero-order valence-electron chi connectivity index (χ0n) is 83.5. The maximum absolute atomic E-state index is 13.5. The Labute approximate surface area is 822 Å². The van der Waals surface area contributed by atoms with Crippen LogP contribution in [0, 0.1) is 50.4 Å². The molecule has 0 spiro atoms. The summed E-state index contributed by atoms with van der Waals surface area (Å²) < 4.78 is 123. The first-order chi connectivity index (χ1) is 65.6. The number of nitrogens with two attached hydrogens (primary N) is 1. The van der Waals surface area contributed by atoms with Gasteiger partial charge in [0.1, 0.15) is 40.7 Å². The van der Waals surface area contributed by atoms with Crippen molar-refractivity contribution >= 4 is 104 Å². The topological polar surface area (TPSA) is 458 Å². The summed E-state index contributed by atoms with van der Waals surface area (Å²) in [7, 11) is -13.6. The molecule has 748 valence electrons. The lowest BCUT2D eigenvalue weighted by Gasteiger charge is -2.38. The van der Waals surface area contributed by atoms with Crippen molar-refractivity contribution in [3.05, 3.63) is 213 Å². The Morgan fingerprint density at radius 1 is 0.536 bits per heavy atom. The Morgan fingerprint density at radius 3 is 1.52 bits per heavy atom. The van der Waals surface area contributed by atoms with E-state index in [0.717, 1.165) is 109 Å². The first kappa shape index (κ1) is 105. The number of hydrogen-bond donors (Lipinski definition) is 8. The van der Waals surface area contributed by atoms with Gasteiger partial charge in [-0.1, -0.05) is 66.7 Å². The molecule has 4 amide bonds. The number of nitrogens with one attached hydrogen (secondary N) is 7. The minimum Gasteiger partial charge on any atom is -0.497 e. The third-order valence-electron chi connectivity index (χ3n) is 26.4. The summed E-state index contributed by atoms with van der Waals surface area (Å²) in [6, 6.07) is 37.2. The highest BCUT2D eigenvalue weighted by atomic mass is 32.2. The van der Waals surface area contributed by atoms with Crippen LogP contribution >= 0.6 is 0 Å². The first-order valence-electron chi connectivity index (χ1n) is 47.2. The smallest absolute Gasteiger partial charge is 0.281 e. The standard InChI is InChI=1S/C29H38N6O4S.C27H32N4O5S.C25H34N4O3S.C21H27N5O3S/c1-8-20(4)39-28-19(3)14-21(16-31-28)23-13-12-22(26(32-23)35-17-18(2)15-29(35,5)6)27(36)34-40(37,38)25-11-9-10-24(30-7)33-25;1-16-14-27(4,5)31(15-16)24-20(25(32)30-37(34,35)22-8-7-11-28-26(22)33)9-10-21(29-24)23-17(2)12-19(36-6)13-18(23)3;1-24(2,3)21-12-11-19(23(30)28-33(31,32)18-8-6-7-17(26)15-18)22(27-21)29-14-13-20(16-9-10-16)25(29,4)5;1-14-12-21(2,3)26(13-14)19-16(6-5-11-22-19)20(27)25-30(28,29)18-8-4-7-17(24-18)23-15-9-10-15/h9-14,16,18,20H,8,15,17H2,1-7H3,(H,30,33)(H,34,36);7-13,16H,14-15H2,1-6H3,(H,28,33)(H,30,32);6-8,11-12,15-16,20H,9-10,13-14,26H2,1-5H3,(H,28,30);4-8,11,14-15H,9-10,12-13H2,1-3H3,(H,23,24)(H,25,27)/t18-,20+;16-;;/m00../s1. The number of rotatable bonds is 26. The van der Waals surface area contributed by atoms with Gasteiger partial charge in [-0.15, -0.1) is 0 Å². The molecule has 5 atom stereocenters. The van der Waals surface area contributed by atoms with Crippen molar-refractivity contribution in [2.75, 3.05) is 76.3 Å². The van der Waals surface area contributed by atoms with Gasteiger partial charge >= 0.3 is 0 Å². The van der Waals surface area contributed by atoms with Gasteiger partial charge in [-0.25, -0.2) is 70.6 Å². The van der Waals surface area contributed by atoms with Crippen molar-refractivity contribution in [1.29, 1.82) is 0 Å². The number of aromatic amines is 1. The highest BCUT2D eigenvalue weighted by Gasteiger charge is 2.51. The summed E-state index contributed by atoms with van der Waals surface area (Å²) in [6.07, 6.45) is 14.0. The zero-order valence-corrected chi connectivity index (χ0v) is 86.8. The van der Waals surface area contributed by atoms with E-state index in [-0.39, 0.29) is 70.9 Å². The lowest BCUT2D eigenvalue weighted by atomic mass is 9.84. The summed E-state index contributed by atoms with van der Waals surface area (Å²) in [5, 5.41) is 5.53. The lowest BCUT2D eigenvalue weighted by molar-refractivity contribution is 0.0972. The second kappa shape index (κ2) is 41.2. The Bertz CT molecular complexity index is 6880. The van der Waals surface area contributed by atoms with E-state index in [1.54, 1.807) is 105 Å². The maximum atomic E-state index is 13.5. The number of nitrogen functional groups attached to an aromatic ring is 1. The molecule has 140 heavy (non-hydrogen) atoms. The fourth-order valence-corrected chi connectivity index (χ4v) is 23.2. The molecule has 12 heterocycles. The third kappa shape index (κ3) is 24.1. The van der Waals surface area contributed by atoms with Crippen LogP contribution in [0.4, 0.5) is 40.6 Å². The number of hydrogen-bond acceptors (Lipinski definition) is 29. The first-order valence-corrected chi connectivity index (χ1v) is 53.2. The number of carbonyl (C=O) groups is 4. The largest absolute Gasteiger partial charge is 0.497 e. The van der Waals surface area contributed by atoms with Crippen LogP contribution in [0.1, 0.15) is 232 Å². The van der Waals surface area contributed by atoms with Crippen LogP contribution in [0.25, 0.3) is 22.5 Å². The van der Waals surface area contributed by atoms with Gasteiger partial charge < -0.3 is 50.4 Å². The number of sulfonamides is 4. The number of nitrogens with zero attached hydrogens (tertiary/aromatic N) is 11. The fourth-order valence-electron chi connectivity index (χ4n) is 19.2. The minimum absolute atomic E-state index is 0.0474. The predicted molar refractivity (Wildman–Crippen MR) is 545 cm³/mol. The van der Waals surface area contributed by atoms with E-state index in [4.69, 9.17) is 30.2 Å². The Kier molecular flexibility index (Phi) is 30.8. The maximum Gasteiger partial charge on any atom is 0.281 e. The molecule has 2 saturated carbocycles. The van der Waals surface area contributed by atoms with E-state index < -0.39 is 74.2 Å². The molecule has 38 heteroatoms. The molecule has 4 saturated heterocycles. The number of aryl methyl sites for hydroxylation is 3. The Hall–Kier alpha value is -12.7. The van der Waals surface area contributed by atoms with Crippen LogP contribution in [-0.4, -0.2) is 172 Å². The van der Waals surface area contributed by atoms with E-state index in [1.807, 2.05) is 52.0 Å². The van der Waals surface area contributed by atoms with Gasteiger partial charge in [-0.2, -0.15) is 16.8 Å². The number of pyridine rings is 8. The number of anilines is 7. The molecule has 0 bridgehead atoms. The van der Waals surface area contributed by atoms with E-state index >= 15 is 0 Å². The van der Waals surface area contributed by atoms with Gasteiger partial charge in [0.2, 0.25) is 5.88 Å². The van der Waals surface area contributed by atoms with Crippen molar-refractivity contribution in [3.8, 4) is 34.1 Å². The van der Waals surface area contributed by atoms with Crippen LogP contribution in [-0.2, 0) is 45.5 Å². The molecule has 6 fully saturated rings. The number of benzene rings is 2. The predicted octanol–water partition coefficient (Wildman–Crippen LogP) is 15.5. The van der Waals surface area contributed by atoms with E-state index in [2.05, 4.69) is 178 Å². The molecule has 2 aromatic carbocycles. The zero-order chi connectivity index (χ0) is 102. The summed E-state index contributed by atoms with van der Waals surface area (Å²) in [5.41, 5.74) is 11.5. The second-order valence-corrected chi connectivity index (χ2v) is 47.5. The number of H-pyrrole nitrogens is 1. The summed E-state index contributed by atoms with van der Waals surface area (Å²) >= 11 is 0. The highest BCUT2D eigenvalue weighted by Crippen LogP contribution is 2.52. The van der Waals surface area contributed by atoms with Gasteiger partial charge in [-0.05, 0) is 303 Å². The number of ether oxygens (including phenoxy) is 2. The molecule has 8 aromatic heterocycles. The second-order valence-electron chi connectivity index (χ2n) is 40.9. The van der Waals surface area contributed by atoms with Gasteiger partial charge in [0.05, 0.1) is 51.8 Å². The van der Waals surface area contributed by atoms with Crippen molar-refractivity contribution < 1.29 is 62.3 Å². The molecule has 6 aliphatic rings. The normalized spacial score (nSPS) is 18.8. The summed E-state index contributed by atoms with van der Waals surface area (Å²) in [6.45, 7) is 42.5. The quantitative estimate of drug-likeness (QED) is 0.0233. The Morgan fingerprint density at radius 2 is 1.03 bits per heavy atom. The molecule has 10 aromatic rings. The van der Waals surface area contributed by atoms with Crippen molar-refractivity contribution in [1.82, 2.24) is 58.8 Å². The van der Waals surface area contributed by atoms with Crippen LogP contribution < -0.4 is 69.9 Å². The summed E-state index contributed by atoms with van der Waals surface area (Å²) in [5.74, 6) is 3.46. The highest BCUT2D eigenvalue weighted by molar-refractivity contribution is 7.91. The molecule has 2 aliphatic carbocycles. The van der Waals surface area contributed by atoms with E-state index in [9.17, 15) is 57.6 Å². The Balaban J connectivity index is 0.000000158. The molecular weight excluding hydrogens is 1860 g/mol. The molecule has 34 nitrogen and oxygen atoms in total. The van der Waals surface area contributed by atoms with Crippen LogP contribution in [0.15, 0.2) is 183 Å². The average Bonchev–Trinajstić information content (AvgIpc) is 1.60. The van der Waals surface area contributed by atoms with Gasteiger partial charge in [0.15, 0.2) is 14.9 Å². The number of amides is 4. The molecular formula is C102H131N19O15S4. The molecule has 0 radical (unpaired) electrons. The van der Waals surface area contributed by atoms with Crippen LogP contribution in [0.5, 0.6) is 11.6 Å². The third-order valence-corrected chi connectivity index (χ3v) is 31.5. The molecule has 16 rings (SSSR count). The monoisotopic (exact) mass is 1990 g/mol. The molecule has 4 aliphatic heterocycles. The lowest BCUT2D eigenvalue weighted by Crippen LogP contribution is -2.45. The number of methoxy groups -OCH3 is 1. The van der Waals surface area contributed by atoms with E-state index in [1.165, 1.54) is 49.4 Å². The fraction of sp³-hybridized carbons (Fsp3) is 0.451. The van der Waals surface area contributed by atoms with Crippen molar-refractivity contribution in [2.24, 2.45) is 29.6 Å².